The fourth-order valence-electron chi connectivity index (χ4n) is 2.29. The summed E-state index contributed by atoms with van der Waals surface area (Å²) in [6.45, 7) is 0.612. The first-order chi connectivity index (χ1) is 13.9. The minimum absolute atomic E-state index is 0.0694. The summed E-state index contributed by atoms with van der Waals surface area (Å²) in [5.41, 5.74) is 5.71. The lowest BCUT2D eigenvalue weighted by Gasteiger charge is -2.10. The molecule has 158 valence electrons. The van der Waals surface area contributed by atoms with Gasteiger partial charge in [0.15, 0.2) is 11.6 Å². The normalized spacial score (nSPS) is 14.6. The Morgan fingerprint density at radius 1 is 1.31 bits per heavy atom. The maximum atomic E-state index is 12.5. The van der Waals surface area contributed by atoms with Crippen molar-refractivity contribution < 1.29 is 33.0 Å². The Morgan fingerprint density at radius 3 is 2.59 bits per heavy atom. The summed E-state index contributed by atoms with van der Waals surface area (Å²) in [4.78, 5) is 26.4. The van der Waals surface area contributed by atoms with Crippen LogP contribution < -0.4 is 15.8 Å². The van der Waals surface area contributed by atoms with Crippen molar-refractivity contribution in [2.24, 2.45) is 5.73 Å². The van der Waals surface area contributed by atoms with Crippen LogP contribution in [0.5, 0.6) is 5.75 Å². The second-order valence-electron chi connectivity index (χ2n) is 5.54. The Bertz CT molecular complexity index is 814. The molecule has 1 fully saturated rings. The molecule has 1 aliphatic rings. The number of aliphatic hydroxyl groups is 1. The Labute approximate surface area is 166 Å². The number of nitrogens with two attached hydrogens (primary N) is 1. The third-order valence-corrected chi connectivity index (χ3v) is 3.64. The molecule has 8 nitrogen and oxygen atoms in total. The van der Waals surface area contributed by atoms with Gasteiger partial charge in [-0.3, -0.25) is 14.6 Å². The number of carbonyl (C=O) groups is 2. The third kappa shape index (κ3) is 7.43. The van der Waals surface area contributed by atoms with Crippen LogP contribution in [-0.4, -0.2) is 48.8 Å². The molecule has 0 spiro atoms. The van der Waals surface area contributed by atoms with Gasteiger partial charge in [-0.2, -0.15) is 4.39 Å². The molecule has 10 heteroatoms. The van der Waals surface area contributed by atoms with Crippen molar-refractivity contribution in [3.05, 3.63) is 53.9 Å². The zero-order valence-corrected chi connectivity index (χ0v) is 16.0. The summed E-state index contributed by atoms with van der Waals surface area (Å²) in [6.07, 6.45) is 2.63. The highest BCUT2D eigenvalue weighted by atomic mass is 19.2. The fraction of sp³-hybridized carbons (Fsp3) is 0.316. The summed E-state index contributed by atoms with van der Waals surface area (Å²) in [5.74, 6) is -2.73. The second-order valence-corrected chi connectivity index (χ2v) is 5.54. The number of pyridine rings is 1. The molecule has 1 unspecified atom stereocenters. The lowest BCUT2D eigenvalue weighted by Crippen LogP contribution is -2.27. The van der Waals surface area contributed by atoms with E-state index < -0.39 is 23.6 Å². The number of primary amides is 1. The molecule has 3 rings (SSSR count). The lowest BCUT2D eigenvalue weighted by atomic mass is 10.2. The maximum Gasteiger partial charge on any atom is 0.267 e. The van der Waals surface area contributed by atoms with Gasteiger partial charge >= 0.3 is 0 Å². The van der Waals surface area contributed by atoms with Gasteiger partial charge in [-0.1, -0.05) is 6.07 Å². The van der Waals surface area contributed by atoms with Crippen molar-refractivity contribution >= 4 is 17.5 Å². The van der Waals surface area contributed by atoms with E-state index in [9.17, 15) is 18.4 Å². The number of aliphatic hydroxyl groups excluding tert-OH is 1. The monoisotopic (exact) mass is 411 g/mol. The Kier molecular flexibility index (Phi) is 10.2. The van der Waals surface area contributed by atoms with E-state index in [1.54, 1.807) is 6.07 Å². The van der Waals surface area contributed by atoms with E-state index in [-0.39, 0.29) is 17.4 Å². The van der Waals surface area contributed by atoms with Crippen molar-refractivity contribution in [3.8, 4) is 5.75 Å². The van der Waals surface area contributed by atoms with Crippen molar-refractivity contribution in [3.63, 3.8) is 0 Å². The molecule has 29 heavy (non-hydrogen) atoms. The number of anilines is 1. The minimum Gasteiger partial charge on any atom is -0.494 e. The van der Waals surface area contributed by atoms with E-state index in [0.29, 0.717) is 12.3 Å². The largest absolute Gasteiger partial charge is 0.494 e. The van der Waals surface area contributed by atoms with Gasteiger partial charge in [0.25, 0.3) is 11.8 Å². The number of benzene rings is 1. The number of ether oxygens (including phenoxy) is 2. The van der Waals surface area contributed by atoms with E-state index in [1.165, 1.54) is 31.5 Å². The molecule has 0 bridgehead atoms. The number of halogens is 2. The summed E-state index contributed by atoms with van der Waals surface area (Å²) in [5, 5.41) is 9.67. The van der Waals surface area contributed by atoms with E-state index in [2.05, 4.69) is 15.0 Å². The number of aromatic nitrogens is 1. The van der Waals surface area contributed by atoms with Crippen LogP contribution in [0.15, 0.2) is 36.5 Å². The number of hydrogen-bond donors (Lipinski definition) is 3. The molecular formula is C19H23F2N3O5. The Balaban J connectivity index is 0.000000299. The van der Waals surface area contributed by atoms with Gasteiger partial charge in [-0.15, -0.1) is 0 Å². The van der Waals surface area contributed by atoms with Crippen molar-refractivity contribution in [1.82, 2.24) is 4.98 Å². The van der Waals surface area contributed by atoms with Gasteiger partial charge in [-0.25, -0.2) is 4.39 Å². The quantitative estimate of drug-likeness (QED) is 0.706. The van der Waals surface area contributed by atoms with E-state index in [4.69, 9.17) is 15.6 Å². The predicted octanol–water partition coefficient (Wildman–Crippen LogP) is 1.88. The first-order valence-corrected chi connectivity index (χ1v) is 8.53. The van der Waals surface area contributed by atoms with Crippen molar-refractivity contribution in [1.29, 1.82) is 0 Å². The van der Waals surface area contributed by atoms with Gasteiger partial charge in [0.2, 0.25) is 5.82 Å². The first kappa shape index (κ1) is 23.9. The number of hydrogen-bond acceptors (Lipinski definition) is 6. The third-order valence-electron chi connectivity index (χ3n) is 3.64. The van der Waals surface area contributed by atoms with Gasteiger partial charge < -0.3 is 25.6 Å². The first-order valence-electron chi connectivity index (χ1n) is 8.53. The van der Waals surface area contributed by atoms with Crippen LogP contribution in [0.2, 0.25) is 0 Å². The highest BCUT2D eigenvalue weighted by Crippen LogP contribution is 2.18. The summed E-state index contributed by atoms with van der Waals surface area (Å²) in [7, 11) is 2.29. The minimum atomic E-state index is -0.940. The Morgan fingerprint density at radius 2 is 2.03 bits per heavy atom. The van der Waals surface area contributed by atoms with Gasteiger partial charge in [0.1, 0.15) is 11.8 Å². The fourth-order valence-corrected chi connectivity index (χ4v) is 2.29. The molecule has 0 aliphatic carbocycles. The van der Waals surface area contributed by atoms with E-state index in [0.717, 1.165) is 26.0 Å². The van der Waals surface area contributed by atoms with Crippen molar-refractivity contribution in [2.45, 2.75) is 18.9 Å². The molecule has 1 aromatic carbocycles. The summed E-state index contributed by atoms with van der Waals surface area (Å²) >= 11 is 0. The number of rotatable bonds is 4. The summed E-state index contributed by atoms with van der Waals surface area (Å²) < 4.78 is 34.6. The number of nitrogens with one attached hydrogen (secondary N) is 1. The Hall–Kier alpha value is -3.11. The van der Waals surface area contributed by atoms with E-state index >= 15 is 0 Å². The topological polar surface area (TPSA) is 124 Å². The molecule has 4 N–H and O–H groups in total. The average Bonchev–Trinajstić information content (AvgIpc) is 3.27. The van der Waals surface area contributed by atoms with Crippen LogP contribution in [0.25, 0.3) is 0 Å². The molecular weight excluding hydrogens is 388 g/mol. The molecule has 1 aromatic heterocycles. The van der Waals surface area contributed by atoms with Crippen LogP contribution in [0.1, 0.15) is 23.3 Å². The van der Waals surface area contributed by atoms with E-state index in [1.807, 2.05) is 0 Å². The van der Waals surface area contributed by atoms with Gasteiger partial charge in [0, 0.05) is 25.6 Å². The van der Waals surface area contributed by atoms with Crippen LogP contribution in [0.4, 0.5) is 14.5 Å². The number of amides is 2. The molecule has 1 aliphatic heterocycles. The standard InChI is InChI=1S/C11H13N3O3.C7H6F2O.CH4O/c12-10(15)8-6-7(3-4-13-8)14-11(16)9-2-1-5-17-9;1-10-6-4-2-3-5(8)7(6)9;1-2/h3-4,6,9H,1-2,5H2,(H2,12,15)(H,13,14,16);2-4H,1H3;2H,1H3. The highest BCUT2D eigenvalue weighted by Gasteiger charge is 2.23. The maximum absolute atomic E-state index is 12.5. The molecule has 0 radical (unpaired) electrons. The van der Waals surface area contributed by atoms with Crippen LogP contribution in [0, 0.1) is 11.6 Å². The summed E-state index contributed by atoms with van der Waals surface area (Å²) in [6, 6.07) is 6.82. The smallest absolute Gasteiger partial charge is 0.267 e. The van der Waals surface area contributed by atoms with Gasteiger partial charge in [-0.05, 0) is 37.1 Å². The highest BCUT2D eigenvalue weighted by molar-refractivity contribution is 5.96. The average molecular weight is 411 g/mol. The van der Waals surface area contributed by atoms with Crippen LogP contribution in [-0.2, 0) is 9.53 Å². The van der Waals surface area contributed by atoms with Gasteiger partial charge in [0.05, 0.1) is 7.11 Å². The molecule has 1 saturated heterocycles. The molecule has 0 saturated carbocycles. The molecule has 2 heterocycles. The number of methoxy groups -OCH3 is 1. The second kappa shape index (κ2) is 12.4. The van der Waals surface area contributed by atoms with Crippen LogP contribution >= 0.6 is 0 Å². The van der Waals surface area contributed by atoms with Crippen molar-refractivity contribution in [2.75, 3.05) is 26.1 Å². The molecule has 2 aromatic rings. The lowest BCUT2D eigenvalue weighted by molar-refractivity contribution is -0.124. The van der Waals surface area contributed by atoms with Crippen LogP contribution in [0.3, 0.4) is 0 Å². The zero-order valence-electron chi connectivity index (χ0n) is 16.0. The molecule has 1 atom stereocenters. The zero-order chi connectivity index (χ0) is 21.8. The number of carbonyl (C=O) groups excluding carboxylic acids is 2. The SMILES string of the molecule is CO.COc1cccc(F)c1F.NC(=O)c1cc(NC(=O)C2CCCO2)ccn1. The molecule has 2 amide bonds. The predicted molar refractivity (Wildman–Crippen MR) is 101 cm³/mol. The number of nitrogens with zero attached hydrogens (tertiary/aromatic N) is 1.